The Morgan fingerprint density at radius 2 is 1.88 bits per heavy atom. The van der Waals surface area contributed by atoms with Gasteiger partial charge in [0, 0.05) is 29.4 Å². The molecule has 5 rings (SSSR count). The molecule has 0 bridgehead atoms. The minimum absolute atomic E-state index is 0.232. The van der Waals surface area contributed by atoms with Gasteiger partial charge < -0.3 is 28.7 Å². The number of benzene rings is 2. The third-order valence-corrected chi connectivity index (χ3v) is 5.79. The molecule has 8 nitrogen and oxygen atoms in total. The van der Waals surface area contributed by atoms with E-state index in [9.17, 15) is 9.59 Å². The second kappa shape index (κ2) is 8.03. The van der Waals surface area contributed by atoms with Crippen LogP contribution in [-0.2, 0) is 11.2 Å². The van der Waals surface area contributed by atoms with Gasteiger partial charge in [0.15, 0.2) is 18.1 Å². The summed E-state index contributed by atoms with van der Waals surface area (Å²) in [5.41, 5.74) is 1.82. The number of carbonyl (C=O) groups excluding carboxylic acids is 1. The van der Waals surface area contributed by atoms with Gasteiger partial charge in [0.25, 0.3) is 5.91 Å². The van der Waals surface area contributed by atoms with E-state index in [0.29, 0.717) is 52.9 Å². The summed E-state index contributed by atoms with van der Waals surface area (Å²) < 4.78 is 28.7. The number of carbonyl (C=O) groups is 1. The highest BCUT2D eigenvalue weighted by Gasteiger charge is 2.30. The van der Waals surface area contributed by atoms with Crippen molar-refractivity contribution in [1.29, 1.82) is 0 Å². The molecule has 0 aliphatic carbocycles. The molecule has 3 heterocycles. The molecule has 0 fully saturated rings. The average molecular weight is 451 g/mol. The van der Waals surface area contributed by atoms with Crippen LogP contribution < -0.4 is 29.9 Å². The van der Waals surface area contributed by atoms with Gasteiger partial charge >= 0.3 is 5.63 Å². The van der Waals surface area contributed by atoms with Crippen molar-refractivity contribution >= 4 is 22.6 Å². The largest absolute Gasteiger partial charge is 0.487 e. The van der Waals surface area contributed by atoms with Crippen molar-refractivity contribution in [2.24, 2.45) is 0 Å². The molecule has 0 saturated carbocycles. The highest BCUT2D eigenvalue weighted by molar-refractivity contribution is 5.94. The maximum Gasteiger partial charge on any atom is 0.336 e. The maximum absolute atomic E-state index is 12.6. The Labute approximate surface area is 190 Å². The summed E-state index contributed by atoms with van der Waals surface area (Å²) in [6.07, 6.45) is 1.51. The number of aryl methyl sites for hydroxylation is 2. The fourth-order valence-electron chi connectivity index (χ4n) is 4.20. The van der Waals surface area contributed by atoms with Crippen LogP contribution in [0.25, 0.3) is 11.0 Å². The lowest BCUT2D eigenvalue weighted by Crippen LogP contribution is -2.32. The number of rotatable bonds is 4. The van der Waals surface area contributed by atoms with Crippen LogP contribution in [0.5, 0.6) is 23.0 Å². The van der Waals surface area contributed by atoms with E-state index in [1.807, 2.05) is 20.8 Å². The number of hydrogen-bond donors (Lipinski definition) is 1. The second-order valence-electron chi connectivity index (χ2n) is 8.86. The summed E-state index contributed by atoms with van der Waals surface area (Å²) in [6.45, 7) is 6.57. The van der Waals surface area contributed by atoms with Gasteiger partial charge in [-0.3, -0.25) is 4.79 Å². The average Bonchev–Trinajstić information content (AvgIpc) is 2.76. The van der Waals surface area contributed by atoms with E-state index in [0.717, 1.165) is 24.0 Å². The lowest BCUT2D eigenvalue weighted by Gasteiger charge is -2.33. The molecule has 3 aromatic rings. The molecule has 1 aromatic heterocycles. The Hall–Kier alpha value is -3.68. The highest BCUT2D eigenvalue weighted by atomic mass is 16.6. The third-order valence-electron chi connectivity index (χ3n) is 5.79. The molecular formula is C25H25NO7. The number of anilines is 1. The first-order chi connectivity index (χ1) is 15.8. The Morgan fingerprint density at radius 3 is 2.70 bits per heavy atom. The maximum atomic E-state index is 12.6. The highest BCUT2D eigenvalue weighted by Crippen LogP contribution is 2.42. The van der Waals surface area contributed by atoms with Crippen LogP contribution >= 0.6 is 0 Å². The van der Waals surface area contributed by atoms with Crippen LogP contribution in [0.15, 0.2) is 39.5 Å². The number of amides is 1. The standard InChI is InChI=1S/C25H25NO7/c1-14-10-22(28)32-24-16-6-7-25(2,3)33-18(16)12-20(23(14)24)31-13-21(27)26-15-4-5-17-19(11-15)30-9-8-29-17/h4-5,10-12H,6-9,13H2,1-3H3,(H,26,27). The van der Waals surface area contributed by atoms with E-state index in [4.69, 9.17) is 23.4 Å². The van der Waals surface area contributed by atoms with E-state index in [-0.39, 0.29) is 18.1 Å². The lowest BCUT2D eigenvalue weighted by atomic mass is 9.92. The predicted molar refractivity (Wildman–Crippen MR) is 122 cm³/mol. The van der Waals surface area contributed by atoms with E-state index in [1.165, 1.54) is 6.07 Å². The molecule has 0 saturated heterocycles. The smallest absolute Gasteiger partial charge is 0.336 e. The van der Waals surface area contributed by atoms with Gasteiger partial charge in [-0.1, -0.05) is 0 Å². The first-order valence-electron chi connectivity index (χ1n) is 10.9. The first kappa shape index (κ1) is 21.2. The van der Waals surface area contributed by atoms with E-state index in [2.05, 4.69) is 5.32 Å². The second-order valence-corrected chi connectivity index (χ2v) is 8.86. The molecule has 0 unspecified atom stereocenters. The van der Waals surface area contributed by atoms with Gasteiger partial charge in [0.1, 0.15) is 35.9 Å². The molecule has 2 aliphatic heterocycles. The zero-order valence-electron chi connectivity index (χ0n) is 18.8. The SMILES string of the molecule is Cc1cc(=O)oc2c3c(cc(OCC(=O)Nc4ccc5c(c4)OCCO5)c12)OC(C)(C)CC3. The Balaban J connectivity index is 1.40. The molecule has 0 spiro atoms. The van der Waals surface area contributed by atoms with Crippen LogP contribution in [0.4, 0.5) is 5.69 Å². The predicted octanol–water partition coefficient (Wildman–Crippen LogP) is 3.99. The normalized spacial score (nSPS) is 16.0. The van der Waals surface area contributed by atoms with Gasteiger partial charge in [-0.15, -0.1) is 0 Å². The third kappa shape index (κ3) is 4.20. The summed E-state index contributed by atoms with van der Waals surface area (Å²) >= 11 is 0. The molecule has 8 heteroatoms. The van der Waals surface area contributed by atoms with Crippen LogP contribution in [0.1, 0.15) is 31.4 Å². The minimum Gasteiger partial charge on any atom is -0.487 e. The van der Waals surface area contributed by atoms with E-state index >= 15 is 0 Å². The number of hydrogen-bond acceptors (Lipinski definition) is 7. The van der Waals surface area contributed by atoms with Gasteiger partial charge in [-0.05, 0) is 51.3 Å². The zero-order valence-corrected chi connectivity index (χ0v) is 18.8. The molecule has 1 N–H and O–H groups in total. The summed E-state index contributed by atoms with van der Waals surface area (Å²) in [5.74, 6) is 1.94. The van der Waals surface area contributed by atoms with E-state index in [1.54, 1.807) is 24.3 Å². The van der Waals surface area contributed by atoms with Crippen molar-refractivity contribution < 1.29 is 28.2 Å². The van der Waals surface area contributed by atoms with Crippen molar-refractivity contribution in [2.45, 2.75) is 39.2 Å². The van der Waals surface area contributed by atoms with Gasteiger partial charge in [-0.2, -0.15) is 0 Å². The lowest BCUT2D eigenvalue weighted by molar-refractivity contribution is -0.118. The van der Waals surface area contributed by atoms with Crippen LogP contribution in [0, 0.1) is 6.92 Å². The molecular weight excluding hydrogens is 426 g/mol. The summed E-state index contributed by atoms with van der Waals surface area (Å²) in [5, 5.41) is 3.48. The van der Waals surface area contributed by atoms with Crippen LogP contribution in [0.3, 0.4) is 0 Å². The van der Waals surface area contributed by atoms with Crippen molar-refractivity contribution in [1.82, 2.24) is 0 Å². The van der Waals surface area contributed by atoms with E-state index < -0.39 is 5.63 Å². The Morgan fingerprint density at radius 1 is 1.09 bits per heavy atom. The minimum atomic E-state index is -0.430. The summed E-state index contributed by atoms with van der Waals surface area (Å²) in [7, 11) is 0. The van der Waals surface area contributed by atoms with Gasteiger partial charge in [-0.25, -0.2) is 4.79 Å². The fourth-order valence-corrected chi connectivity index (χ4v) is 4.20. The summed E-state index contributed by atoms with van der Waals surface area (Å²) in [6, 6.07) is 8.42. The molecule has 2 aromatic carbocycles. The van der Waals surface area contributed by atoms with Crippen LogP contribution in [-0.4, -0.2) is 31.3 Å². The molecule has 0 atom stereocenters. The van der Waals surface area contributed by atoms with Gasteiger partial charge in [0.2, 0.25) is 0 Å². The molecule has 2 aliphatic rings. The fraction of sp³-hybridized carbons (Fsp3) is 0.360. The first-order valence-corrected chi connectivity index (χ1v) is 10.9. The Kier molecular flexibility index (Phi) is 5.15. The Bertz CT molecular complexity index is 1310. The van der Waals surface area contributed by atoms with Gasteiger partial charge in [0.05, 0.1) is 5.39 Å². The number of ether oxygens (including phenoxy) is 4. The summed E-state index contributed by atoms with van der Waals surface area (Å²) in [4.78, 5) is 24.7. The van der Waals surface area contributed by atoms with Crippen LogP contribution in [0.2, 0.25) is 0 Å². The molecule has 0 radical (unpaired) electrons. The quantitative estimate of drug-likeness (QED) is 0.599. The number of nitrogens with one attached hydrogen (secondary N) is 1. The van der Waals surface area contributed by atoms with Crippen molar-refractivity contribution in [3.8, 4) is 23.0 Å². The molecule has 1 amide bonds. The molecule has 172 valence electrons. The monoisotopic (exact) mass is 451 g/mol. The zero-order chi connectivity index (χ0) is 23.2. The van der Waals surface area contributed by atoms with Crippen molar-refractivity contribution in [3.63, 3.8) is 0 Å². The topological polar surface area (TPSA) is 96.2 Å². The van der Waals surface area contributed by atoms with Crippen molar-refractivity contribution in [3.05, 3.63) is 51.9 Å². The van der Waals surface area contributed by atoms with Crippen molar-refractivity contribution in [2.75, 3.05) is 25.1 Å². The molecule has 33 heavy (non-hydrogen) atoms. The number of fused-ring (bicyclic) bond motifs is 4.